The summed E-state index contributed by atoms with van der Waals surface area (Å²) in [4.78, 5) is 8.05. The van der Waals surface area contributed by atoms with Crippen molar-refractivity contribution >= 4 is 38.9 Å². The van der Waals surface area contributed by atoms with Crippen LogP contribution in [0.1, 0.15) is 0 Å². The van der Waals surface area contributed by atoms with E-state index in [1.54, 1.807) is 48.5 Å². The zero-order valence-electron chi connectivity index (χ0n) is 16.0. The smallest absolute Gasteiger partial charge is 0.229 e. The first-order valence-electron chi connectivity index (χ1n) is 8.81. The topological polar surface area (TPSA) is 125 Å². The molecule has 158 valence electrons. The van der Waals surface area contributed by atoms with E-state index in [4.69, 9.17) is 9.84 Å². The maximum absolute atomic E-state index is 14.3. The first kappa shape index (κ1) is 21.3. The van der Waals surface area contributed by atoms with Crippen molar-refractivity contribution in [1.82, 2.24) is 9.97 Å². The number of sulfonamides is 1. The molecule has 0 fully saturated rings. The summed E-state index contributed by atoms with van der Waals surface area (Å²) in [5.41, 5.74) is 1.18. The summed E-state index contributed by atoms with van der Waals surface area (Å²) in [6.45, 7) is 0.0505. The van der Waals surface area contributed by atoms with E-state index in [1.807, 2.05) is 0 Å². The number of benzene rings is 2. The third-order valence-electron chi connectivity index (χ3n) is 3.67. The fourth-order valence-corrected chi connectivity index (χ4v) is 3.06. The van der Waals surface area contributed by atoms with E-state index in [9.17, 15) is 12.8 Å². The fourth-order valence-electron chi connectivity index (χ4n) is 2.48. The lowest BCUT2D eigenvalue weighted by molar-refractivity contribution is 0.201. The summed E-state index contributed by atoms with van der Waals surface area (Å²) < 4.78 is 45.1. The Morgan fingerprint density at radius 3 is 2.60 bits per heavy atom. The van der Waals surface area contributed by atoms with E-state index in [0.717, 1.165) is 12.5 Å². The van der Waals surface area contributed by atoms with Gasteiger partial charge in [0.05, 0.1) is 30.4 Å². The first-order valence-corrected chi connectivity index (χ1v) is 10.7. The van der Waals surface area contributed by atoms with Gasteiger partial charge in [-0.1, -0.05) is 18.2 Å². The average Bonchev–Trinajstić information content (AvgIpc) is 2.69. The van der Waals surface area contributed by atoms with Crippen molar-refractivity contribution < 1.29 is 22.7 Å². The van der Waals surface area contributed by atoms with Gasteiger partial charge in [-0.15, -0.1) is 0 Å². The maximum atomic E-state index is 14.3. The van der Waals surface area contributed by atoms with Crippen molar-refractivity contribution in [3.8, 4) is 5.75 Å². The summed E-state index contributed by atoms with van der Waals surface area (Å²) >= 11 is 0. The van der Waals surface area contributed by atoms with Crippen molar-refractivity contribution in [2.45, 2.75) is 0 Å². The summed E-state index contributed by atoms with van der Waals surface area (Å²) in [5.74, 6) is -0.195. The van der Waals surface area contributed by atoms with Crippen molar-refractivity contribution in [3.05, 3.63) is 60.5 Å². The third-order valence-corrected chi connectivity index (χ3v) is 4.26. The lowest BCUT2D eigenvalue weighted by atomic mass is 10.2. The summed E-state index contributed by atoms with van der Waals surface area (Å²) in [7, 11) is -3.52. The molecule has 9 nitrogen and oxygen atoms in total. The molecule has 0 aliphatic heterocycles. The largest absolute Gasteiger partial charge is 0.491 e. The number of ether oxygens (including phenoxy) is 1. The van der Waals surface area contributed by atoms with Crippen LogP contribution in [0.4, 0.5) is 33.2 Å². The van der Waals surface area contributed by atoms with Crippen LogP contribution < -0.4 is 20.1 Å². The molecule has 0 atom stereocenters. The van der Waals surface area contributed by atoms with Gasteiger partial charge in [-0.2, -0.15) is 4.98 Å². The molecule has 0 spiro atoms. The van der Waals surface area contributed by atoms with Gasteiger partial charge < -0.3 is 20.5 Å². The molecule has 3 rings (SSSR count). The van der Waals surface area contributed by atoms with E-state index in [0.29, 0.717) is 17.1 Å². The Bertz CT molecular complexity index is 1130. The maximum Gasteiger partial charge on any atom is 0.229 e. The summed E-state index contributed by atoms with van der Waals surface area (Å²) in [5, 5.41) is 14.6. The van der Waals surface area contributed by atoms with Crippen LogP contribution in [-0.2, 0) is 10.0 Å². The van der Waals surface area contributed by atoms with Gasteiger partial charge in [-0.05, 0) is 24.3 Å². The molecule has 0 amide bonds. The van der Waals surface area contributed by atoms with E-state index >= 15 is 0 Å². The highest BCUT2D eigenvalue weighted by Crippen LogP contribution is 2.27. The minimum absolute atomic E-state index is 0.108. The number of nitrogens with one attached hydrogen (secondary N) is 3. The Balaban J connectivity index is 1.82. The number of aromatic nitrogens is 2. The van der Waals surface area contributed by atoms with Crippen LogP contribution in [0.2, 0.25) is 0 Å². The standard InChI is InChI=1S/C19H20FN5O4S/c1-30(27,28)25-17-8-3-2-7-16(17)23-18-15(20)12-21-19(24-18)22-13-5-4-6-14(11-13)29-10-9-26/h2-8,11-12,25-26H,9-10H2,1H3,(H2,21,22,23,24). The minimum atomic E-state index is -3.52. The van der Waals surface area contributed by atoms with Crippen LogP contribution in [0, 0.1) is 5.82 Å². The monoisotopic (exact) mass is 433 g/mol. The lowest BCUT2D eigenvalue weighted by Crippen LogP contribution is -2.11. The molecule has 4 N–H and O–H groups in total. The fraction of sp³-hybridized carbons (Fsp3) is 0.158. The molecule has 0 aliphatic carbocycles. The predicted molar refractivity (Wildman–Crippen MR) is 112 cm³/mol. The van der Waals surface area contributed by atoms with E-state index in [2.05, 4.69) is 25.3 Å². The quantitative estimate of drug-likeness (QED) is 0.406. The third kappa shape index (κ3) is 6.03. The molecule has 1 aromatic heterocycles. The second-order valence-corrected chi connectivity index (χ2v) is 7.91. The molecule has 30 heavy (non-hydrogen) atoms. The minimum Gasteiger partial charge on any atom is -0.491 e. The number of anilines is 5. The van der Waals surface area contributed by atoms with Crippen LogP contribution in [0.3, 0.4) is 0 Å². The summed E-state index contributed by atoms with van der Waals surface area (Å²) in [6, 6.07) is 13.3. The van der Waals surface area contributed by atoms with Gasteiger partial charge in [-0.25, -0.2) is 17.8 Å². The second kappa shape index (κ2) is 9.37. The molecule has 0 saturated carbocycles. The van der Waals surface area contributed by atoms with Crippen molar-refractivity contribution in [2.24, 2.45) is 0 Å². The Morgan fingerprint density at radius 2 is 1.87 bits per heavy atom. The zero-order valence-corrected chi connectivity index (χ0v) is 16.8. The van der Waals surface area contributed by atoms with Crippen LogP contribution in [0.15, 0.2) is 54.7 Å². The van der Waals surface area contributed by atoms with E-state index < -0.39 is 15.8 Å². The molecule has 0 radical (unpaired) electrons. The van der Waals surface area contributed by atoms with Crippen molar-refractivity contribution in [3.63, 3.8) is 0 Å². The van der Waals surface area contributed by atoms with Crippen molar-refractivity contribution in [2.75, 3.05) is 34.8 Å². The number of hydrogen-bond acceptors (Lipinski definition) is 8. The summed E-state index contributed by atoms with van der Waals surface area (Å²) in [6.07, 6.45) is 2.02. The van der Waals surface area contributed by atoms with Gasteiger partial charge in [0, 0.05) is 11.8 Å². The van der Waals surface area contributed by atoms with E-state index in [1.165, 1.54) is 0 Å². The van der Waals surface area contributed by atoms with Gasteiger partial charge in [0.25, 0.3) is 0 Å². The second-order valence-electron chi connectivity index (χ2n) is 6.16. The van der Waals surface area contributed by atoms with Crippen LogP contribution >= 0.6 is 0 Å². The van der Waals surface area contributed by atoms with Gasteiger partial charge in [0.15, 0.2) is 11.6 Å². The molecular weight excluding hydrogens is 413 g/mol. The van der Waals surface area contributed by atoms with Gasteiger partial charge in [0.1, 0.15) is 12.4 Å². The number of para-hydroxylation sites is 2. The Kier molecular flexibility index (Phi) is 6.65. The zero-order chi connectivity index (χ0) is 21.6. The molecule has 0 aliphatic rings. The highest BCUT2D eigenvalue weighted by atomic mass is 32.2. The Labute approximate surface area is 173 Å². The molecule has 11 heteroatoms. The lowest BCUT2D eigenvalue weighted by Gasteiger charge is -2.13. The number of hydrogen-bond donors (Lipinski definition) is 4. The van der Waals surface area contributed by atoms with E-state index in [-0.39, 0.29) is 30.7 Å². The van der Waals surface area contributed by atoms with Gasteiger partial charge in [-0.3, -0.25) is 4.72 Å². The molecule has 3 aromatic rings. The molecule has 2 aromatic carbocycles. The highest BCUT2D eigenvalue weighted by molar-refractivity contribution is 7.92. The molecule has 0 bridgehead atoms. The Hall–Kier alpha value is -3.44. The number of aliphatic hydroxyl groups excluding tert-OH is 1. The normalized spacial score (nSPS) is 11.0. The number of nitrogens with zero attached hydrogens (tertiary/aromatic N) is 2. The highest BCUT2D eigenvalue weighted by Gasteiger charge is 2.12. The number of halogens is 1. The first-order chi connectivity index (χ1) is 14.3. The van der Waals surface area contributed by atoms with Gasteiger partial charge in [0.2, 0.25) is 16.0 Å². The van der Waals surface area contributed by atoms with Crippen LogP contribution in [0.5, 0.6) is 5.75 Å². The van der Waals surface area contributed by atoms with Crippen LogP contribution in [0.25, 0.3) is 0 Å². The van der Waals surface area contributed by atoms with Crippen LogP contribution in [-0.4, -0.2) is 43.0 Å². The Morgan fingerprint density at radius 1 is 1.10 bits per heavy atom. The predicted octanol–water partition coefficient (Wildman–Crippen LogP) is 2.85. The van der Waals surface area contributed by atoms with Crippen molar-refractivity contribution in [1.29, 1.82) is 0 Å². The SMILES string of the molecule is CS(=O)(=O)Nc1ccccc1Nc1nc(Nc2cccc(OCCO)c2)ncc1F. The molecule has 1 heterocycles. The molecular formula is C19H20FN5O4S. The average molecular weight is 433 g/mol. The van der Waals surface area contributed by atoms with Gasteiger partial charge >= 0.3 is 0 Å². The number of aliphatic hydroxyl groups is 1. The number of rotatable bonds is 9. The molecule has 0 unspecified atom stereocenters. The molecule has 0 saturated heterocycles.